The summed E-state index contributed by atoms with van der Waals surface area (Å²) in [6.45, 7) is 1.70. The standard InChI is InChI=1S/C21H21F3N2O2/c1-13-11-16(7-8-17(13)18(25)27)26-19(28)20(9-2-3-10-20)14-5-4-6-15(12-14)21(22,23)24/h4-8,11-12H,2-3,9-10H2,1H3,(H2,25,27)(H,26,28). The van der Waals surface area contributed by atoms with Gasteiger partial charge in [0.15, 0.2) is 0 Å². The number of alkyl halides is 3. The summed E-state index contributed by atoms with van der Waals surface area (Å²) in [6, 6.07) is 9.74. The van der Waals surface area contributed by atoms with Gasteiger partial charge >= 0.3 is 6.18 Å². The predicted molar refractivity (Wildman–Crippen MR) is 99.9 cm³/mol. The van der Waals surface area contributed by atoms with Gasteiger partial charge in [0.05, 0.1) is 11.0 Å². The molecule has 0 spiro atoms. The normalized spacial score (nSPS) is 16.0. The summed E-state index contributed by atoms with van der Waals surface area (Å²) in [5.41, 5.74) is 5.36. The molecule has 0 atom stereocenters. The number of hydrogen-bond acceptors (Lipinski definition) is 2. The number of amides is 2. The van der Waals surface area contributed by atoms with Crippen molar-refractivity contribution in [2.45, 2.75) is 44.2 Å². The summed E-state index contributed by atoms with van der Waals surface area (Å²) in [4.78, 5) is 24.5. The molecule has 0 bridgehead atoms. The fourth-order valence-electron chi connectivity index (χ4n) is 3.89. The minimum atomic E-state index is -4.46. The molecular weight excluding hydrogens is 369 g/mol. The van der Waals surface area contributed by atoms with Crippen molar-refractivity contribution in [1.29, 1.82) is 0 Å². The van der Waals surface area contributed by atoms with Gasteiger partial charge in [0.1, 0.15) is 0 Å². The number of anilines is 1. The molecule has 0 unspecified atom stereocenters. The van der Waals surface area contributed by atoms with Crippen LogP contribution in [0.25, 0.3) is 0 Å². The van der Waals surface area contributed by atoms with Crippen molar-refractivity contribution < 1.29 is 22.8 Å². The van der Waals surface area contributed by atoms with Crippen molar-refractivity contribution in [3.63, 3.8) is 0 Å². The molecule has 1 saturated carbocycles. The molecule has 2 aromatic carbocycles. The largest absolute Gasteiger partial charge is 0.416 e. The molecule has 3 N–H and O–H groups in total. The third-order valence-electron chi connectivity index (χ3n) is 5.38. The van der Waals surface area contributed by atoms with Gasteiger partial charge in [0, 0.05) is 11.3 Å². The molecule has 2 amide bonds. The smallest absolute Gasteiger partial charge is 0.366 e. The Kier molecular flexibility index (Phi) is 5.19. The number of primary amides is 1. The third kappa shape index (κ3) is 3.74. The summed E-state index contributed by atoms with van der Waals surface area (Å²) in [6.07, 6.45) is -1.96. The van der Waals surface area contributed by atoms with Crippen molar-refractivity contribution in [3.8, 4) is 0 Å². The average molecular weight is 390 g/mol. The van der Waals surface area contributed by atoms with E-state index in [1.165, 1.54) is 12.1 Å². The fraction of sp³-hybridized carbons (Fsp3) is 0.333. The quantitative estimate of drug-likeness (QED) is 0.803. The zero-order chi connectivity index (χ0) is 20.5. The first-order valence-electron chi connectivity index (χ1n) is 9.03. The minimum Gasteiger partial charge on any atom is -0.366 e. The Morgan fingerprint density at radius 2 is 1.75 bits per heavy atom. The van der Waals surface area contributed by atoms with Gasteiger partial charge < -0.3 is 11.1 Å². The van der Waals surface area contributed by atoms with E-state index in [1.54, 1.807) is 25.1 Å². The Balaban J connectivity index is 1.93. The van der Waals surface area contributed by atoms with Crippen LogP contribution in [0, 0.1) is 6.92 Å². The first-order valence-corrected chi connectivity index (χ1v) is 9.03. The maximum Gasteiger partial charge on any atom is 0.416 e. The molecule has 0 saturated heterocycles. The van der Waals surface area contributed by atoms with Crippen LogP contribution in [0.1, 0.15) is 52.7 Å². The second kappa shape index (κ2) is 7.30. The van der Waals surface area contributed by atoms with Gasteiger partial charge in [-0.15, -0.1) is 0 Å². The molecular formula is C21H21F3N2O2. The summed E-state index contributed by atoms with van der Waals surface area (Å²) in [7, 11) is 0. The van der Waals surface area contributed by atoms with Crippen LogP contribution >= 0.6 is 0 Å². The molecule has 1 aliphatic carbocycles. The minimum absolute atomic E-state index is 0.337. The van der Waals surface area contributed by atoms with Gasteiger partial charge in [0.2, 0.25) is 11.8 Å². The molecule has 1 fully saturated rings. The molecule has 7 heteroatoms. The van der Waals surface area contributed by atoms with Gasteiger partial charge in [-0.05, 0) is 55.2 Å². The number of carbonyl (C=O) groups excluding carboxylic acids is 2. The van der Waals surface area contributed by atoms with Crippen LogP contribution in [0.5, 0.6) is 0 Å². The summed E-state index contributed by atoms with van der Waals surface area (Å²) >= 11 is 0. The Bertz CT molecular complexity index is 916. The van der Waals surface area contributed by atoms with E-state index in [0.29, 0.717) is 35.2 Å². The van der Waals surface area contributed by atoms with Crippen LogP contribution in [0.15, 0.2) is 42.5 Å². The summed E-state index contributed by atoms with van der Waals surface area (Å²) in [5.74, 6) is -0.901. The van der Waals surface area contributed by atoms with Gasteiger partial charge in [0.25, 0.3) is 0 Å². The molecule has 3 rings (SSSR count). The van der Waals surface area contributed by atoms with Crippen LogP contribution in [0.4, 0.5) is 18.9 Å². The number of nitrogens with two attached hydrogens (primary N) is 1. The molecule has 0 heterocycles. The number of nitrogens with one attached hydrogen (secondary N) is 1. The zero-order valence-corrected chi connectivity index (χ0v) is 15.4. The number of halogens is 3. The lowest BCUT2D eigenvalue weighted by molar-refractivity contribution is -0.137. The number of hydrogen-bond donors (Lipinski definition) is 2. The van der Waals surface area contributed by atoms with E-state index in [1.807, 2.05) is 0 Å². The highest BCUT2D eigenvalue weighted by Crippen LogP contribution is 2.43. The highest BCUT2D eigenvalue weighted by atomic mass is 19.4. The van der Waals surface area contributed by atoms with E-state index in [-0.39, 0.29) is 5.91 Å². The van der Waals surface area contributed by atoms with Crippen LogP contribution in [0.3, 0.4) is 0 Å². The Labute approximate surface area is 160 Å². The number of benzene rings is 2. The summed E-state index contributed by atoms with van der Waals surface area (Å²) < 4.78 is 39.4. The van der Waals surface area contributed by atoms with E-state index in [4.69, 9.17) is 5.73 Å². The lowest BCUT2D eigenvalue weighted by atomic mass is 9.77. The first kappa shape index (κ1) is 19.9. The van der Waals surface area contributed by atoms with E-state index < -0.39 is 23.1 Å². The van der Waals surface area contributed by atoms with Gasteiger partial charge in [-0.25, -0.2) is 0 Å². The predicted octanol–water partition coefficient (Wildman–Crippen LogP) is 4.56. The van der Waals surface area contributed by atoms with E-state index in [2.05, 4.69) is 5.32 Å². The molecule has 1 aliphatic rings. The highest BCUT2D eigenvalue weighted by Gasteiger charge is 2.44. The summed E-state index contributed by atoms with van der Waals surface area (Å²) in [5, 5.41) is 2.82. The van der Waals surface area contributed by atoms with Crippen molar-refractivity contribution in [2.75, 3.05) is 5.32 Å². The van der Waals surface area contributed by atoms with Crippen molar-refractivity contribution >= 4 is 17.5 Å². The maximum absolute atomic E-state index is 13.1. The van der Waals surface area contributed by atoms with Crippen molar-refractivity contribution in [2.24, 2.45) is 5.73 Å². The zero-order valence-electron chi connectivity index (χ0n) is 15.4. The van der Waals surface area contributed by atoms with Crippen LogP contribution < -0.4 is 11.1 Å². The maximum atomic E-state index is 13.1. The molecule has 0 aromatic heterocycles. The first-order chi connectivity index (χ1) is 13.1. The molecule has 148 valence electrons. The third-order valence-corrected chi connectivity index (χ3v) is 5.38. The van der Waals surface area contributed by atoms with E-state index >= 15 is 0 Å². The molecule has 0 radical (unpaired) electrons. The van der Waals surface area contributed by atoms with Gasteiger partial charge in [-0.3, -0.25) is 9.59 Å². The second-order valence-electron chi connectivity index (χ2n) is 7.22. The lowest BCUT2D eigenvalue weighted by Gasteiger charge is -2.29. The Morgan fingerprint density at radius 1 is 1.07 bits per heavy atom. The number of rotatable bonds is 4. The number of carbonyl (C=O) groups is 2. The highest BCUT2D eigenvalue weighted by molar-refractivity contribution is 6.00. The topological polar surface area (TPSA) is 72.2 Å². The van der Waals surface area contributed by atoms with E-state index in [9.17, 15) is 22.8 Å². The van der Waals surface area contributed by atoms with Crippen molar-refractivity contribution in [3.05, 3.63) is 64.7 Å². The molecule has 2 aromatic rings. The van der Waals surface area contributed by atoms with Crippen LogP contribution in [0.2, 0.25) is 0 Å². The average Bonchev–Trinajstić information content (AvgIpc) is 3.12. The number of aryl methyl sites for hydroxylation is 1. The monoisotopic (exact) mass is 390 g/mol. The molecule has 0 aliphatic heterocycles. The Hall–Kier alpha value is -2.83. The second-order valence-corrected chi connectivity index (χ2v) is 7.22. The van der Waals surface area contributed by atoms with Crippen LogP contribution in [-0.2, 0) is 16.4 Å². The lowest BCUT2D eigenvalue weighted by Crippen LogP contribution is -2.38. The molecule has 28 heavy (non-hydrogen) atoms. The van der Waals surface area contributed by atoms with Gasteiger partial charge in [-0.2, -0.15) is 13.2 Å². The van der Waals surface area contributed by atoms with E-state index in [0.717, 1.165) is 25.0 Å². The van der Waals surface area contributed by atoms with Gasteiger partial charge in [-0.1, -0.05) is 31.0 Å². The fourth-order valence-corrected chi connectivity index (χ4v) is 3.89. The van der Waals surface area contributed by atoms with Crippen molar-refractivity contribution in [1.82, 2.24) is 0 Å². The SMILES string of the molecule is Cc1cc(NC(=O)C2(c3cccc(C(F)(F)F)c3)CCCC2)ccc1C(N)=O. The Morgan fingerprint density at radius 3 is 2.32 bits per heavy atom. The van der Waals surface area contributed by atoms with Crippen LogP contribution in [-0.4, -0.2) is 11.8 Å². The molecule has 4 nitrogen and oxygen atoms in total.